The topological polar surface area (TPSA) is 37.3 Å². The van der Waals surface area contributed by atoms with Gasteiger partial charge in [0.25, 0.3) is 0 Å². The molecule has 1 N–H and O–H groups in total. The lowest BCUT2D eigenvalue weighted by molar-refractivity contribution is 0.0696. The van der Waals surface area contributed by atoms with Crippen LogP contribution in [0.5, 0.6) is 0 Å². The molecule has 2 nitrogen and oxygen atoms in total. The number of hydrogen-bond donors (Lipinski definition) is 1. The van der Waals surface area contributed by atoms with Crippen LogP contribution in [0.4, 0.5) is 4.70 Å². The minimum absolute atomic E-state index is 0. The Bertz CT molecular complexity index is 294. The smallest absolute Gasteiger partial charge is 0.336 e. The Morgan fingerprint density at radius 2 is 2.00 bits per heavy atom. The second kappa shape index (κ2) is 4.28. The summed E-state index contributed by atoms with van der Waals surface area (Å²) in [5.74, 6) is -0.916. The van der Waals surface area contributed by atoms with Gasteiger partial charge in [-0.15, -0.1) is 0 Å². The van der Waals surface area contributed by atoms with Crippen LogP contribution < -0.4 is 0 Å². The highest BCUT2D eigenvalue weighted by Crippen LogP contribution is 2.08. The van der Waals surface area contributed by atoms with E-state index in [0.29, 0.717) is 11.1 Å². The van der Waals surface area contributed by atoms with Gasteiger partial charge in [0.15, 0.2) is 0 Å². The zero-order chi connectivity index (χ0) is 8.27. The summed E-state index contributed by atoms with van der Waals surface area (Å²) in [5.41, 5.74) is 0.947. The van der Waals surface area contributed by atoms with Crippen LogP contribution in [0.1, 0.15) is 15.9 Å². The SMILES string of the molecule is C=Cc1ccccc1C(=O)O.F. The molecule has 0 aliphatic carbocycles. The summed E-state index contributed by atoms with van der Waals surface area (Å²) in [7, 11) is 0. The Hall–Kier alpha value is -1.64. The summed E-state index contributed by atoms with van der Waals surface area (Å²) in [6.45, 7) is 3.51. The zero-order valence-electron chi connectivity index (χ0n) is 6.36. The average molecular weight is 168 g/mol. The molecule has 0 spiro atoms. The van der Waals surface area contributed by atoms with E-state index in [-0.39, 0.29) is 4.70 Å². The minimum Gasteiger partial charge on any atom is -0.478 e. The van der Waals surface area contributed by atoms with Crippen molar-refractivity contribution in [1.82, 2.24) is 0 Å². The summed E-state index contributed by atoms with van der Waals surface area (Å²) >= 11 is 0. The van der Waals surface area contributed by atoms with E-state index in [0.717, 1.165) is 0 Å². The van der Waals surface area contributed by atoms with Gasteiger partial charge >= 0.3 is 5.97 Å². The van der Waals surface area contributed by atoms with E-state index in [2.05, 4.69) is 6.58 Å². The van der Waals surface area contributed by atoms with Crippen molar-refractivity contribution in [2.75, 3.05) is 0 Å². The third-order valence-electron chi connectivity index (χ3n) is 1.41. The molecular weight excluding hydrogens is 159 g/mol. The molecule has 12 heavy (non-hydrogen) atoms. The van der Waals surface area contributed by atoms with E-state index in [1.807, 2.05) is 0 Å². The summed E-state index contributed by atoms with van der Waals surface area (Å²) in [6.07, 6.45) is 1.53. The lowest BCUT2D eigenvalue weighted by atomic mass is 10.1. The van der Waals surface area contributed by atoms with Gasteiger partial charge < -0.3 is 5.11 Å². The van der Waals surface area contributed by atoms with E-state index in [1.165, 1.54) is 6.08 Å². The van der Waals surface area contributed by atoms with Crippen molar-refractivity contribution in [3.63, 3.8) is 0 Å². The van der Waals surface area contributed by atoms with Crippen molar-refractivity contribution in [2.45, 2.75) is 0 Å². The largest absolute Gasteiger partial charge is 0.478 e. The second-order valence-electron chi connectivity index (χ2n) is 2.10. The van der Waals surface area contributed by atoms with Crippen LogP contribution in [0, 0.1) is 0 Å². The summed E-state index contributed by atoms with van der Waals surface area (Å²) in [4.78, 5) is 10.5. The molecule has 3 heteroatoms. The first-order chi connectivity index (χ1) is 5.25. The molecule has 1 rings (SSSR count). The van der Waals surface area contributed by atoms with E-state index < -0.39 is 5.97 Å². The molecule has 1 aromatic carbocycles. The number of aromatic carboxylic acids is 1. The highest BCUT2D eigenvalue weighted by molar-refractivity contribution is 5.91. The van der Waals surface area contributed by atoms with Crippen LogP contribution in [0.15, 0.2) is 30.8 Å². The Morgan fingerprint density at radius 3 is 2.42 bits per heavy atom. The molecule has 0 radical (unpaired) electrons. The minimum atomic E-state index is -0.916. The van der Waals surface area contributed by atoms with E-state index in [9.17, 15) is 4.79 Å². The van der Waals surface area contributed by atoms with Crippen molar-refractivity contribution in [3.05, 3.63) is 42.0 Å². The van der Waals surface area contributed by atoms with Crippen LogP contribution >= 0.6 is 0 Å². The third-order valence-corrected chi connectivity index (χ3v) is 1.41. The maximum absolute atomic E-state index is 10.5. The van der Waals surface area contributed by atoms with Crippen LogP contribution in [-0.2, 0) is 0 Å². The van der Waals surface area contributed by atoms with Gasteiger partial charge in [0.05, 0.1) is 5.56 Å². The van der Waals surface area contributed by atoms with Crippen LogP contribution in [-0.4, -0.2) is 11.1 Å². The number of carboxylic acids is 1. The fourth-order valence-electron chi connectivity index (χ4n) is 0.870. The third kappa shape index (κ3) is 1.92. The summed E-state index contributed by atoms with van der Waals surface area (Å²) in [6, 6.07) is 6.75. The number of benzene rings is 1. The van der Waals surface area contributed by atoms with Crippen LogP contribution in [0.25, 0.3) is 6.08 Å². The molecule has 0 unspecified atom stereocenters. The van der Waals surface area contributed by atoms with Gasteiger partial charge in [0.2, 0.25) is 0 Å². The van der Waals surface area contributed by atoms with E-state index >= 15 is 0 Å². The maximum atomic E-state index is 10.5. The molecule has 0 aliphatic heterocycles. The molecule has 0 bridgehead atoms. The van der Waals surface area contributed by atoms with Crippen molar-refractivity contribution in [2.24, 2.45) is 0 Å². The molecular formula is C9H9FO2. The van der Waals surface area contributed by atoms with Crippen LogP contribution in [0.2, 0.25) is 0 Å². The van der Waals surface area contributed by atoms with Gasteiger partial charge in [-0.3, -0.25) is 4.70 Å². The zero-order valence-corrected chi connectivity index (χ0v) is 6.36. The standard InChI is InChI=1S/C9H8O2.FH/c1-2-7-5-3-4-6-8(7)9(10)11;/h2-6H,1H2,(H,10,11);1H. The second-order valence-corrected chi connectivity index (χ2v) is 2.10. The predicted octanol–water partition coefficient (Wildman–Crippen LogP) is 2.18. The fourth-order valence-corrected chi connectivity index (χ4v) is 0.870. The average Bonchev–Trinajstić information content (AvgIpc) is 2.04. The molecule has 1 aromatic rings. The number of carboxylic acid groups (broad SMARTS) is 1. The van der Waals surface area contributed by atoms with Gasteiger partial charge in [0.1, 0.15) is 0 Å². The van der Waals surface area contributed by atoms with Crippen molar-refractivity contribution >= 4 is 12.0 Å². The normalized spacial score (nSPS) is 8.33. The van der Waals surface area contributed by atoms with Crippen molar-refractivity contribution in [3.8, 4) is 0 Å². The first-order valence-corrected chi connectivity index (χ1v) is 3.20. The Labute approximate surface area is 69.5 Å². The number of halogens is 1. The number of rotatable bonds is 2. The maximum Gasteiger partial charge on any atom is 0.336 e. The lowest BCUT2D eigenvalue weighted by Gasteiger charge is -1.97. The lowest BCUT2D eigenvalue weighted by Crippen LogP contribution is -1.98. The molecule has 0 aromatic heterocycles. The highest BCUT2D eigenvalue weighted by Gasteiger charge is 2.04. The molecule has 0 aliphatic rings. The van der Waals surface area contributed by atoms with Gasteiger partial charge in [-0.05, 0) is 11.6 Å². The van der Waals surface area contributed by atoms with E-state index in [1.54, 1.807) is 24.3 Å². The Balaban J connectivity index is 0.00000121. The van der Waals surface area contributed by atoms with Gasteiger partial charge in [-0.1, -0.05) is 30.9 Å². The van der Waals surface area contributed by atoms with Crippen molar-refractivity contribution in [1.29, 1.82) is 0 Å². The molecule has 0 saturated carbocycles. The molecule has 0 heterocycles. The summed E-state index contributed by atoms with van der Waals surface area (Å²) in [5, 5.41) is 8.65. The van der Waals surface area contributed by atoms with Gasteiger partial charge in [0, 0.05) is 0 Å². The Morgan fingerprint density at radius 1 is 1.42 bits per heavy atom. The molecule has 0 amide bonds. The van der Waals surface area contributed by atoms with Gasteiger partial charge in [-0.25, -0.2) is 4.79 Å². The highest BCUT2D eigenvalue weighted by atomic mass is 19.0. The number of carbonyl (C=O) groups is 1. The molecule has 0 atom stereocenters. The predicted molar refractivity (Wildman–Crippen MR) is 46.0 cm³/mol. The monoisotopic (exact) mass is 168 g/mol. The fraction of sp³-hybridized carbons (Fsp3) is 0. The molecule has 0 fully saturated rings. The number of hydrogen-bond acceptors (Lipinski definition) is 1. The Kier molecular flexibility index (Phi) is 3.70. The first-order valence-electron chi connectivity index (χ1n) is 3.20. The first kappa shape index (κ1) is 10.4. The quantitative estimate of drug-likeness (QED) is 0.734. The van der Waals surface area contributed by atoms with Crippen molar-refractivity contribution < 1.29 is 14.6 Å². The van der Waals surface area contributed by atoms with Gasteiger partial charge in [-0.2, -0.15) is 0 Å². The van der Waals surface area contributed by atoms with Crippen LogP contribution in [0.3, 0.4) is 0 Å². The summed E-state index contributed by atoms with van der Waals surface area (Å²) < 4.78 is 0. The molecule has 64 valence electrons. The van der Waals surface area contributed by atoms with E-state index in [4.69, 9.17) is 5.11 Å². The molecule has 0 saturated heterocycles.